The molecule has 5 nitrogen and oxygen atoms in total. The van der Waals surface area contributed by atoms with Crippen LogP contribution in [0, 0.1) is 0 Å². The smallest absolute Gasteiger partial charge is 0.159 e. The SMILES string of the molecule is CCC(O)(CC)Cn1ncnc1-c1cccnc1. The summed E-state index contributed by atoms with van der Waals surface area (Å²) >= 11 is 0. The molecule has 0 amide bonds. The molecule has 0 saturated carbocycles. The molecule has 0 spiro atoms. The van der Waals surface area contributed by atoms with Crippen LogP contribution in [0.15, 0.2) is 30.9 Å². The molecule has 5 heteroatoms. The largest absolute Gasteiger partial charge is 0.388 e. The highest BCUT2D eigenvalue weighted by Gasteiger charge is 2.24. The van der Waals surface area contributed by atoms with Crippen molar-refractivity contribution in [1.82, 2.24) is 19.7 Å². The maximum atomic E-state index is 10.4. The Labute approximate surface area is 107 Å². The lowest BCUT2D eigenvalue weighted by Gasteiger charge is -2.25. The Kier molecular flexibility index (Phi) is 3.72. The van der Waals surface area contributed by atoms with E-state index in [2.05, 4.69) is 15.1 Å². The van der Waals surface area contributed by atoms with E-state index in [0.29, 0.717) is 19.4 Å². The highest BCUT2D eigenvalue weighted by Crippen LogP contribution is 2.21. The summed E-state index contributed by atoms with van der Waals surface area (Å²) < 4.78 is 1.74. The van der Waals surface area contributed by atoms with Crippen LogP contribution in [0.3, 0.4) is 0 Å². The Morgan fingerprint density at radius 1 is 1.33 bits per heavy atom. The minimum atomic E-state index is -0.731. The monoisotopic (exact) mass is 246 g/mol. The molecule has 0 aliphatic heterocycles. The standard InChI is InChI=1S/C13H18N4O/c1-3-13(18,4-2)9-17-12(15-10-16-17)11-6-5-7-14-8-11/h5-8,10,18H,3-4,9H2,1-2H3. The zero-order valence-corrected chi connectivity index (χ0v) is 10.7. The van der Waals surface area contributed by atoms with Crippen molar-refractivity contribution in [2.75, 3.05) is 0 Å². The van der Waals surface area contributed by atoms with Gasteiger partial charge in [0.15, 0.2) is 5.82 Å². The van der Waals surface area contributed by atoms with Crippen LogP contribution in [0.2, 0.25) is 0 Å². The molecular formula is C13H18N4O. The summed E-state index contributed by atoms with van der Waals surface area (Å²) in [6, 6.07) is 3.80. The molecule has 0 radical (unpaired) electrons. The Balaban J connectivity index is 2.29. The molecule has 2 aromatic heterocycles. The van der Waals surface area contributed by atoms with Gasteiger partial charge in [0, 0.05) is 18.0 Å². The van der Waals surface area contributed by atoms with Crippen molar-refractivity contribution in [2.45, 2.75) is 38.8 Å². The zero-order chi connectivity index (χ0) is 13.0. The molecule has 2 heterocycles. The normalized spacial score (nSPS) is 11.7. The first-order valence-electron chi connectivity index (χ1n) is 6.19. The number of hydrogen-bond acceptors (Lipinski definition) is 4. The van der Waals surface area contributed by atoms with E-state index in [1.54, 1.807) is 17.1 Å². The average Bonchev–Trinajstić information content (AvgIpc) is 2.87. The summed E-state index contributed by atoms with van der Waals surface area (Å²) in [5, 5.41) is 14.6. The number of nitrogens with zero attached hydrogens (tertiary/aromatic N) is 4. The van der Waals surface area contributed by atoms with Gasteiger partial charge in [-0.2, -0.15) is 5.10 Å². The first-order valence-corrected chi connectivity index (χ1v) is 6.19. The van der Waals surface area contributed by atoms with Crippen LogP contribution in [0.25, 0.3) is 11.4 Å². The van der Waals surface area contributed by atoms with Crippen LogP contribution in [0.1, 0.15) is 26.7 Å². The number of rotatable bonds is 5. The van der Waals surface area contributed by atoms with Crippen molar-refractivity contribution in [3.8, 4) is 11.4 Å². The van der Waals surface area contributed by atoms with Gasteiger partial charge in [-0.05, 0) is 25.0 Å². The van der Waals surface area contributed by atoms with Crippen LogP contribution in [-0.2, 0) is 6.54 Å². The summed E-state index contributed by atoms with van der Waals surface area (Å²) in [6.45, 7) is 4.40. The molecule has 2 rings (SSSR count). The van der Waals surface area contributed by atoms with E-state index < -0.39 is 5.60 Å². The van der Waals surface area contributed by atoms with Gasteiger partial charge < -0.3 is 5.11 Å². The summed E-state index contributed by atoms with van der Waals surface area (Å²) in [4.78, 5) is 8.31. The zero-order valence-electron chi connectivity index (χ0n) is 10.7. The van der Waals surface area contributed by atoms with Gasteiger partial charge in [-0.1, -0.05) is 13.8 Å². The van der Waals surface area contributed by atoms with Crippen molar-refractivity contribution < 1.29 is 5.11 Å². The Hall–Kier alpha value is -1.75. The molecule has 0 aliphatic carbocycles. The number of aromatic nitrogens is 4. The van der Waals surface area contributed by atoms with Crippen molar-refractivity contribution >= 4 is 0 Å². The molecule has 96 valence electrons. The lowest BCUT2D eigenvalue weighted by atomic mass is 9.97. The van der Waals surface area contributed by atoms with E-state index in [0.717, 1.165) is 11.4 Å². The topological polar surface area (TPSA) is 63.8 Å². The lowest BCUT2D eigenvalue weighted by Crippen LogP contribution is -2.33. The van der Waals surface area contributed by atoms with Gasteiger partial charge >= 0.3 is 0 Å². The van der Waals surface area contributed by atoms with E-state index in [4.69, 9.17) is 0 Å². The van der Waals surface area contributed by atoms with Crippen LogP contribution < -0.4 is 0 Å². The van der Waals surface area contributed by atoms with Crippen LogP contribution in [0.4, 0.5) is 0 Å². The van der Waals surface area contributed by atoms with E-state index in [1.165, 1.54) is 6.33 Å². The van der Waals surface area contributed by atoms with Crippen molar-refractivity contribution in [3.05, 3.63) is 30.9 Å². The second-order valence-corrected chi connectivity index (χ2v) is 4.41. The molecule has 0 saturated heterocycles. The molecule has 0 bridgehead atoms. The quantitative estimate of drug-likeness (QED) is 0.875. The van der Waals surface area contributed by atoms with Gasteiger partial charge in [-0.25, -0.2) is 9.67 Å². The highest BCUT2D eigenvalue weighted by molar-refractivity contribution is 5.52. The van der Waals surface area contributed by atoms with Crippen LogP contribution in [-0.4, -0.2) is 30.5 Å². The predicted molar refractivity (Wildman–Crippen MR) is 68.8 cm³/mol. The molecule has 0 aliphatic rings. The molecular weight excluding hydrogens is 228 g/mol. The average molecular weight is 246 g/mol. The van der Waals surface area contributed by atoms with Gasteiger partial charge in [-0.3, -0.25) is 4.98 Å². The van der Waals surface area contributed by atoms with Gasteiger partial charge in [0.25, 0.3) is 0 Å². The van der Waals surface area contributed by atoms with Crippen LogP contribution in [0.5, 0.6) is 0 Å². The molecule has 0 aromatic carbocycles. The third-order valence-electron chi connectivity index (χ3n) is 3.30. The maximum absolute atomic E-state index is 10.4. The Bertz CT molecular complexity index is 491. The second-order valence-electron chi connectivity index (χ2n) is 4.41. The summed E-state index contributed by atoms with van der Waals surface area (Å²) in [5.41, 5.74) is 0.176. The van der Waals surface area contributed by atoms with Gasteiger partial charge in [0.2, 0.25) is 0 Å². The van der Waals surface area contributed by atoms with Crippen molar-refractivity contribution in [3.63, 3.8) is 0 Å². The third kappa shape index (κ3) is 2.56. The Morgan fingerprint density at radius 3 is 2.72 bits per heavy atom. The van der Waals surface area contributed by atoms with Gasteiger partial charge in [-0.15, -0.1) is 0 Å². The molecule has 2 aromatic rings. The third-order valence-corrected chi connectivity index (χ3v) is 3.30. The number of pyridine rings is 1. The summed E-state index contributed by atoms with van der Waals surface area (Å²) in [7, 11) is 0. The number of hydrogen-bond donors (Lipinski definition) is 1. The fraction of sp³-hybridized carbons (Fsp3) is 0.462. The summed E-state index contributed by atoms with van der Waals surface area (Å²) in [5.74, 6) is 0.739. The van der Waals surface area contributed by atoms with E-state index in [-0.39, 0.29) is 0 Å². The fourth-order valence-electron chi connectivity index (χ4n) is 1.85. The van der Waals surface area contributed by atoms with Crippen molar-refractivity contribution in [2.24, 2.45) is 0 Å². The highest BCUT2D eigenvalue weighted by atomic mass is 16.3. The molecule has 1 N–H and O–H groups in total. The minimum Gasteiger partial charge on any atom is -0.388 e. The lowest BCUT2D eigenvalue weighted by molar-refractivity contribution is 0.0123. The van der Waals surface area contributed by atoms with Crippen molar-refractivity contribution in [1.29, 1.82) is 0 Å². The van der Waals surface area contributed by atoms with E-state index >= 15 is 0 Å². The van der Waals surface area contributed by atoms with E-state index in [9.17, 15) is 5.11 Å². The second kappa shape index (κ2) is 5.27. The van der Waals surface area contributed by atoms with Gasteiger partial charge in [0.1, 0.15) is 6.33 Å². The first-order chi connectivity index (χ1) is 8.68. The fourth-order valence-corrected chi connectivity index (χ4v) is 1.85. The summed E-state index contributed by atoms with van der Waals surface area (Å²) in [6.07, 6.45) is 6.36. The van der Waals surface area contributed by atoms with Gasteiger partial charge in [0.05, 0.1) is 12.1 Å². The number of aliphatic hydroxyl groups is 1. The van der Waals surface area contributed by atoms with E-state index in [1.807, 2.05) is 26.0 Å². The first kappa shape index (κ1) is 12.7. The predicted octanol–water partition coefficient (Wildman–Crippen LogP) is 1.89. The van der Waals surface area contributed by atoms with Crippen LogP contribution >= 0.6 is 0 Å². The molecule has 0 unspecified atom stereocenters. The maximum Gasteiger partial charge on any atom is 0.159 e. The minimum absolute atomic E-state index is 0.449. The molecule has 0 fully saturated rings. The molecule has 18 heavy (non-hydrogen) atoms. The molecule has 0 atom stereocenters. The Morgan fingerprint density at radius 2 is 2.11 bits per heavy atom.